The van der Waals surface area contributed by atoms with Gasteiger partial charge in [-0.25, -0.2) is 0 Å². The van der Waals surface area contributed by atoms with Crippen LogP contribution in [0.3, 0.4) is 0 Å². The fraction of sp³-hybridized carbons (Fsp3) is 0.923. The van der Waals surface area contributed by atoms with Crippen LogP contribution in [-0.2, 0) is 14.3 Å². The number of hydrogen-bond acceptors (Lipinski definition) is 3. The van der Waals surface area contributed by atoms with Gasteiger partial charge in [0, 0.05) is 19.1 Å². The first-order valence-electron chi connectivity index (χ1n) is 6.81. The van der Waals surface area contributed by atoms with Crippen LogP contribution in [0.5, 0.6) is 0 Å². The molecule has 1 atom stereocenters. The number of rotatable bonds is 12. The number of thiol groups is 1. The minimum Gasteiger partial charge on any atom is -0.357 e. The summed E-state index contributed by atoms with van der Waals surface area (Å²) in [7, 11) is 0.655. The Morgan fingerprint density at radius 1 is 1.22 bits per heavy atom. The van der Waals surface area contributed by atoms with Crippen LogP contribution in [0.1, 0.15) is 46.5 Å². The number of ether oxygens (including phenoxy) is 2. The largest absolute Gasteiger partial charge is 0.357 e. The van der Waals surface area contributed by atoms with E-state index in [1.165, 1.54) is 0 Å². The molecule has 0 heterocycles. The Morgan fingerprint density at radius 3 is 2.22 bits per heavy atom. The first kappa shape index (κ1) is 18.2. The molecule has 18 heavy (non-hydrogen) atoms. The van der Waals surface area contributed by atoms with E-state index < -0.39 is 0 Å². The van der Waals surface area contributed by atoms with Gasteiger partial charge in [-0.3, -0.25) is 4.79 Å². The molecular weight excluding hydrogens is 264 g/mol. The lowest BCUT2D eigenvalue weighted by atomic mass is 10.1. The summed E-state index contributed by atoms with van der Waals surface area (Å²) in [6, 6.07) is 1.06. The van der Waals surface area contributed by atoms with E-state index in [0.29, 0.717) is 9.52 Å². The van der Waals surface area contributed by atoms with Crippen molar-refractivity contribution in [2.45, 2.75) is 58.4 Å². The van der Waals surface area contributed by atoms with Crippen LogP contribution in [0, 0.1) is 5.92 Å². The fourth-order valence-electron chi connectivity index (χ4n) is 1.37. The molecule has 2 radical (unpaired) electrons. The second kappa shape index (κ2) is 12.2. The van der Waals surface area contributed by atoms with Crippen molar-refractivity contribution in [3.63, 3.8) is 0 Å². The normalized spacial score (nSPS) is 12.9. The molecule has 0 aromatic heterocycles. The first-order valence-corrected chi connectivity index (χ1v) is 8.54. The summed E-state index contributed by atoms with van der Waals surface area (Å²) >= 11 is 3.84. The van der Waals surface area contributed by atoms with Crippen LogP contribution in [0.15, 0.2) is 0 Å². The molecule has 106 valence electrons. The summed E-state index contributed by atoms with van der Waals surface area (Å²) < 4.78 is 11.3. The molecule has 0 aliphatic rings. The molecule has 0 N–H and O–H groups in total. The molecule has 0 aromatic rings. The van der Waals surface area contributed by atoms with Gasteiger partial charge in [0.25, 0.3) is 0 Å². The fourth-order valence-corrected chi connectivity index (χ4v) is 2.61. The van der Waals surface area contributed by atoms with Crippen LogP contribution >= 0.6 is 12.6 Å². The second-order valence-electron chi connectivity index (χ2n) is 4.41. The van der Waals surface area contributed by atoms with Crippen LogP contribution < -0.4 is 0 Å². The molecule has 0 aromatic carbocycles. The number of hydrogen-bond donors (Lipinski definition) is 1. The summed E-state index contributed by atoms with van der Waals surface area (Å²) in [4.78, 5) is 11.0. The molecule has 0 aliphatic heterocycles. The molecule has 0 saturated carbocycles. The van der Waals surface area contributed by atoms with Gasteiger partial charge < -0.3 is 9.47 Å². The van der Waals surface area contributed by atoms with Crippen LogP contribution in [-0.4, -0.2) is 33.8 Å². The van der Waals surface area contributed by atoms with E-state index in [1.54, 1.807) is 0 Å². The molecule has 3 nitrogen and oxygen atoms in total. The maximum absolute atomic E-state index is 11.0. The van der Waals surface area contributed by atoms with E-state index in [-0.39, 0.29) is 16.9 Å². The predicted molar refractivity (Wildman–Crippen MR) is 79.2 cm³/mol. The zero-order valence-electron chi connectivity index (χ0n) is 11.8. The Balaban J connectivity index is 3.70. The van der Waals surface area contributed by atoms with Crippen molar-refractivity contribution in [1.29, 1.82) is 0 Å². The maximum atomic E-state index is 11.0. The lowest BCUT2D eigenvalue weighted by Gasteiger charge is -2.17. The van der Waals surface area contributed by atoms with Gasteiger partial charge in [0.15, 0.2) is 5.12 Å². The highest BCUT2D eigenvalue weighted by atomic mass is 32.1. The topological polar surface area (TPSA) is 35.5 Å². The Bertz CT molecular complexity index is 206. The molecular formula is C13H26O3SSi. The van der Waals surface area contributed by atoms with E-state index in [9.17, 15) is 4.79 Å². The molecule has 1 unspecified atom stereocenters. The van der Waals surface area contributed by atoms with E-state index in [4.69, 9.17) is 9.47 Å². The van der Waals surface area contributed by atoms with Crippen molar-refractivity contribution in [3.05, 3.63) is 0 Å². The van der Waals surface area contributed by atoms with Crippen molar-refractivity contribution >= 4 is 27.3 Å². The first-order chi connectivity index (χ1) is 8.61. The Kier molecular flexibility index (Phi) is 12.3. The van der Waals surface area contributed by atoms with Gasteiger partial charge >= 0.3 is 0 Å². The van der Waals surface area contributed by atoms with Crippen LogP contribution in [0.4, 0.5) is 0 Å². The summed E-state index contributed by atoms with van der Waals surface area (Å²) in [5.41, 5.74) is 0. The van der Waals surface area contributed by atoms with Gasteiger partial charge in [0.1, 0.15) is 15.4 Å². The zero-order valence-corrected chi connectivity index (χ0v) is 13.7. The molecule has 0 amide bonds. The van der Waals surface area contributed by atoms with Gasteiger partial charge in [-0.1, -0.05) is 33.2 Å². The highest BCUT2D eigenvalue weighted by molar-refractivity contribution is 7.96. The maximum Gasteiger partial charge on any atom is 0.188 e. The average molecular weight is 291 g/mol. The van der Waals surface area contributed by atoms with Gasteiger partial charge in [-0.2, -0.15) is 0 Å². The SMILES string of the molecule is CCCOC(OCCC)[Si]CCCC(C)C(=O)S. The Morgan fingerprint density at radius 2 is 1.78 bits per heavy atom. The quantitative estimate of drug-likeness (QED) is 0.260. The third-order valence-electron chi connectivity index (χ3n) is 2.49. The highest BCUT2D eigenvalue weighted by Crippen LogP contribution is 2.11. The molecule has 0 rings (SSSR count). The Hall–Kier alpha value is 0.157. The molecule has 5 heteroatoms. The van der Waals surface area contributed by atoms with Gasteiger partial charge in [-0.05, 0) is 19.3 Å². The third kappa shape index (κ3) is 10.1. The average Bonchev–Trinajstić information content (AvgIpc) is 2.36. The summed E-state index contributed by atoms with van der Waals surface area (Å²) in [6.07, 6.45) is 3.97. The lowest BCUT2D eigenvalue weighted by Crippen LogP contribution is -2.25. The van der Waals surface area contributed by atoms with Crippen molar-refractivity contribution in [2.75, 3.05) is 13.2 Å². The van der Waals surface area contributed by atoms with Gasteiger partial charge in [-0.15, -0.1) is 12.6 Å². The highest BCUT2D eigenvalue weighted by Gasteiger charge is 2.12. The summed E-state index contributed by atoms with van der Waals surface area (Å²) in [6.45, 7) is 7.64. The monoisotopic (exact) mass is 290 g/mol. The van der Waals surface area contributed by atoms with Gasteiger partial charge in [0.2, 0.25) is 0 Å². The third-order valence-corrected chi connectivity index (χ3v) is 4.24. The smallest absolute Gasteiger partial charge is 0.188 e. The number of carbonyl (C=O) groups is 1. The summed E-state index contributed by atoms with van der Waals surface area (Å²) in [5.74, 6) is 0.0108. The van der Waals surface area contributed by atoms with Crippen molar-refractivity contribution in [2.24, 2.45) is 5.92 Å². The molecule has 0 aliphatic carbocycles. The zero-order chi connectivity index (χ0) is 13.8. The van der Waals surface area contributed by atoms with Gasteiger partial charge in [0.05, 0.1) is 0 Å². The molecule has 0 bridgehead atoms. The van der Waals surface area contributed by atoms with Crippen molar-refractivity contribution < 1.29 is 14.3 Å². The van der Waals surface area contributed by atoms with E-state index in [2.05, 4.69) is 26.5 Å². The predicted octanol–water partition coefficient (Wildman–Crippen LogP) is 3.12. The number of carbonyl (C=O) groups excluding carboxylic acids is 1. The van der Waals surface area contributed by atoms with E-state index in [0.717, 1.165) is 44.9 Å². The summed E-state index contributed by atoms with van der Waals surface area (Å²) in [5, 5.41) is -0.0145. The van der Waals surface area contributed by atoms with Crippen molar-refractivity contribution in [1.82, 2.24) is 0 Å². The molecule has 0 fully saturated rings. The van der Waals surface area contributed by atoms with Crippen molar-refractivity contribution in [3.8, 4) is 0 Å². The van der Waals surface area contributed by atoms with E-state index in [1.807, 2.05) is 6.92 Å². The lowest BCUT2D eigenvalue weighted by molar-refractivity contribution is -0.113. The molecule has 0 spiro atoms. The minimum absolute atomic E-state index is 0.0145. The Labute approximate surface area is 119 Å². The van der Waals surface area contributed by atoms with Crippen LogP contribution in [0.25, 0.3) is 0 Å². The standard InChI is InChI=1S/C13H26O3SSi/c1-4-8-15-13(16-9-5-2)18-10-6-7-11(3)12(14)17/h11,13H,4-10H2,1-3H3,(H,14,17). The minimum atomic E-state index is -0.0492. The van der Waals surface area contributed by atoms with Crippen LogP contribution in [0.2, 0.25) is 6.04 Å². The second-order valence-corrected chi connectivity index (χ2v) is 6.23. The van der Waals surface area contributed by atoms with E-state index >= 15 is 0 Å². The molecule has 0 saturated heterocycles.